The van der Waals surface area contributed by atoms with Gasteiger partial charge >= 0.3 is 6.61 Å². The van der Waals surface area contributed by atoms with E-state index in [1.165, 1.54) is 11.0 Å². The van der Waals surface area contributed by atoms with Crippen molar-refractivity contribution in [1.29, 1.82) is 0 Å². The first kappa shape index (κ1) is 14.5. The number of carbonyl (C=O) groups is 1. The summed E-state index contributed by atoms with van der Waals surface area (Å²) < 4.78 is 28.9. The third-order valence-corrected chi connectivity index (χ3v) is 3.62. The molecule has 0 spiro atoms. The van der Waals surface area contributed by atoms with Crippen molar-refractivity contribution in [3.8, 4) is 5.75 Å². The summed E-state index contributed by atoms with van der Waals surface area (Å²) in [6.45, 7) is -1.03. The quantitative estimate of drug-likeness (QED) is 0.855. The number of amides is 1. The number of thiophene rings is 1. The highest BCUT2D eigenvalue weighted by molar-refractivity contribution is 7.12. The van der Waals surface area contributed by atoms with Crippen LogP contribution in [0.15, 0.2) is 35.7 Å². The van der Waals surface area contributed by atoms with Gasteiger partial charge in [-0.25, -0.2) is 0 Å². The Labute approximate surface area is 119 Å². The van der Waals surface area contributed by atoms with Gasteiger partial charge in [0.25, 0.3) is 5.91 Å². The monoisotopic (exact) mass is 297 g/mol. The van der Waals surface area contributed by atoms with Gasteiger partial charge in [0.05, 0.1) is 0 Å². The first-order valence-electron chi connectivity index (χ1n) is 5.86. The number of nitrogens with zero attached hydrogens (tertiary/aromatic N) is 1. The molecule has 1 aromatic heterocycles. The zero-order chi connectivity index (χ0) is 14.7. The van der Waals surface area contributed by atoms with Gasteiger partial charge in [0.15, 0.2) is 0 Å². The third kappa shape index (κ3) is 3.14. The molecular weight excluding hydrogens is 284 g/mol. The Morgan fingerprint density at radius 2 is 2.10 bits per heavy atom. The van der Waals surface area contributed by atoms with Crippen LogP contribution in [0.2, 0.25) is 0 Å². The average molecular weight is 297 g/mol. The van der Waals surface area contributed by atoms with Crippen molar-refractivity contribution in [1.82, 2.24) is 0 Å². The van der Waals surface area contributed by atoms with Gasteiger partial charge in [-0.1, -0.05) is 12.1 Å². The fraction of sp³-hybridized carbons (Fsp3) is 0.214. The Hall–Kier alpha value is -1.95. The molecule has 0 bridgehead atoms. The number of alkyl halides is 2. The van der Waals surface area contributed by atoms with E-state index in [9.17, 15) is 13.6 Å². The second kappa shape index (κ2) is 6.00. The molecule has 0 N–H and O–H groups in total. The van der Waals surface area contributed by atoms with Crippen LogP contribution in [0.4, 0.5) is 14.5 Å². The third-order valence-electron chi connectivity index (χ3n) is 2.73. The van der Waals surface area contributed by atoms with Gasteiger partial charge in [-0.2, -0.15) is 8.78 Å². The van der Waals surface area contributed by atoms with Crippen LogP contribution in [0, 0.1) is 6.92 Å². The first-order valence-corrected chi connectivity index (χ1v) is 6.74. The molecule has 6 heteroatoms. The molecule has 2 aromatic rings. The van der Waals surface area contributed by atoms with Crippen LogP contribution < -0.4 is 9.64 Å². The molecule has 1 aromatic carbocycles. The van der Waals surface area contributed by atoms with Crippen LogP contribution in [0.5, 0.6) is 5.75 Å². The molecule has 3 nitrogen and oxygen atoms in total. The van der Waals surface area contributed by atoms with Gasteiger partial charge in [-0.05, 0) is 36.1 Å². The Morgan fingerprint density at radius 1 is 1.35 bits per heavy atom. The van der Waals surface area contributed by atoms with Crippen molar-refractivity contribution >= 4 is 22.9 Å². The predicted octanol–water partition coefficient (Wildman–Crippen LogP) is 3.93. The second-order valence-corrected chi connectivity index (χ2v) is 5.11. The average Bonchev–Trinajstić information content (AvgIpc) is 2.84. The molecule has 0 radical (unpaired) electrons. The second-order valence-electron chi connectivity index (χ2n) is 4.20. The lowest BCUT2D eigenvalue weighted by Crippen LogP contribution is -2.26. The molecule has 0 saturated carbocycles. The summed E-state index contributed by atoms with van der Waals surface area (Å²) in [6, 6.07) is 8.75. The Kier molecular flexibility index (Phi) is 4.34. The van der Waals surface area contributed by atoms with Crippen molar-refractivity contribution in [3.63, 3.8) is 0 Å². The first-order chi connectivity index (χ1) is 9.49. The molecule has 2 rings (SSSR count). The summed E-state index contributed by atoms with van der Waals surface area (Å²) in [6.07, 6.45) is 0. The van der Waals surface area contributed by atoms with Crippen LogP contribution in [0.3, 0.4) is 0 Å². The molecule has 1 heterocycles. The van der Waals surface area contributed by atoms with E-state index in [1.54, 1.807) is 18.5 Å². The van der Waals surface area contributed by atoms with Crippen LogP contribution in [-0.2, 0) is 0 Å². The SMILES string of the molecule is Cc1cccc(N(C)C(=O)c2sccc2OC(F)F)c1. The summed E-state index contributed by atoms with van der Waals surface area (Å²) in [7, 11) is 1.60. The maximum atomic E-state index is 12.3. The van der Waals surface area contributed by atoms with E-state index in [1.807, 2.05) is 25.1 Å². The van der Waals surface area contributed by atoms with Gasteiger partial charge in [0.1, 0.15) is 10.6 Å². The normalized spacial score (nSPS) is 10.7. The van der Waals surface area contributed by atoms with Gasteiger partial charge < -0.3 is 9.64 Å². The molecule has 0 unspecified atom stereocenters. The van der Waals surface area contributed by atoms with Gasteiger partial charge in [0, 0.05) is 12.7 Å². The van der Waals surface area contributed by atoms with Crippen molar-refractivity contribution in [3.05, 3.63) is 46.2 Å². The molecule has 106 valence electrons. The topological polar surface area (TPSA) is 29.5 Å². The zero-order valence-electron chi connectivity index (χ0n) is 11.0. The molecule has 0 aliphatic carbocycles. The largest absolute Gasteiger partial charge is 0.433 e. The van der Waals surface area contributed by atoms with Crippen molar-refractivity contribution in [2.45, 2.75) is 13.5 Å². The molecule has 0 atom stereocenters. The van der Waals surface area contributed by atoms with Crippen molar-refractivity contribution < 1.29 is 18.3 Å². The van der Waals surface area contributed by atoms with E-state index in [4.69, 9.17) is 0 Å². The highest BCUT2D eigenvalue weighted by Crippen LogP contribution is 2.29. The van der Waals surface area contributed by atoms with Gasteiger partial charge in [-0.15, -0.1) is 11.3 Å². The number of hydrogen-bond donors (Lipinski definition) is 0. The van der Waals surface area contributed by atoms with Crippen molar-refractivity contribution in [2.24, 2.45) is 0 Å². The summed E-state index contributed by atoms with van der Waals surface area (Å²) in [5.41, 5.74) is 1.71. The minimum Gasteiger partial charge on any atom is -0.433 e. The standard InChI is InChI=1S/C14H13F2NO2S/c1-9-4-3-5-10(8-9)17(2)13(18)12-11(6-7-20-12)19-14(15)16/h3-8,14H,1-2H3. The Bertz CT molecular complexity index is 613. The van der Waals surface area contributed by atoms with Crippen LogP contribution >= 0.6 is 11.3 Å². The van der Waals surface area contributed by atoms with E-state index in [2.05, 4.69) is 4.74 Å². The Morgan fingerprint density at radius 3 is 2.75 bits per heavy atom. The van der Waals surface area contributed by atoms with E-state index in [-0.39, 0.29) is 16.5 Å². The van der Waals surface area contributed by atoms with Crippen molar-refractivity contribution in [2.75, 3.05) is 11.9 Å². The van der Waals surface area contributed by atoms with Crippen LogP contribution in [-0.4, -0.2) is 19.6 Å². The highest BCUT2D eigenvalue weighted by atomic mass is 32.1. The van der Waals surface area contributed by atoms with E-state index < -0.39 is 6.61 Å². The number of ether oxygens (including phenoxy) is 1. The van der Waals surface area contributed by atoms with E-state index in [0.29, 0.717) is 5.69 Å². The minimum absolute atomic E-state index is 0.0884. The predicted molar refractivity (Wildman–Crippen MR) is 74.9 cm³/mol. The highest BCUT2D eigenvalue weighted by Gasteiger charge is 2.21. The maximum Gasteiger partial charge on any atom is 0.387 e. The molecule has 0 saturated heterocycles. The number of anilines is 1. The fourth-order valence-corrected chi connectivity index (χ4v) is 2.55. The smallest absolute Gasteiger partial charge is 0.387 e. The molecule has 0 aliphatic rings. The summed E-state index contributed by atoms with van der Waals surface area (Å²) >= 11 is 1.08. The molecular formula is C14H13F2NO2S. The van der Waals surface area contributed by atoms with Crippen LogP contribution in [0.1, 0.15) is 15.2 Å². The molecule has 1 amide bonds. The number of carbonyl (C=O) groups excluding carboxylic acids is 1. The van der Waals surface area contributed by atoms with Gasteiger partial charge in [-0.3, -0.25) is 4.79 Å². The number of hydrogen-bond acceptors (Lipinski definition) is 3. The maximum absolute atomic E-state index is 12.3. The van der Waals surface area contributed by atoms with E-state index >= 15 is 0 Å². The molecule has 0 fully saturated rings. The lowest BCUT2D eigenvalue weighted by atomic mass is 10.2. The lowest BCUT2D eigenvalue weighted by Gasteiger charge is -2.17. The lowest BCUT2D eigenvalue weighted by molar-refractivity contribution is -0.0498. The summed E-state index contributed by atoms with van der Waals surface area (Å²) in [5, 5.41) is 1.55. The van der Waals surface area contributed by atoms with Crippen LogP contribution in [0.25, 0.3) is 0 Å². The number of aryl methyl sites for hydroxylation is 1. The molecule has 20 heavy (non-hydrogen) atoms. The Balaban J connectivity index is 2.25. The van der Waals surface area contributed by atoms with Gasteiger partial charge in [0.2, 0.25) is 0 Å². The number of halogens is 2. The number of benzene rings is 1. The molecule has 0 aliphatic heterocycles. The summed E-state index contributed by atoms with van der Waals surface area (Å²) in [5.74, 6) is -0.462. The minimum atomic E-state index is -2.94. The fourth-order valence-electron chi connectivity index (χ4n) is 1.75. The zero-order valence-corrected chi connectivity index (χ0v) is 11.8. The summed E-state index contributed by atoms with van der Waals surface area (Å²) in [4.78, 5) is 13.9. The van der Waals surface area contributed by atoms with E-state index in [0.717, 1.165) is 16.9 Å². The number of rotatable bonds is 4.